The molecule has 8 aromatic carbocycles. The molecule has 0 fully saturated rings. The van der Waals surface area contributed by atoms with Crippen molar-refractivity contribution >= 4 is 66.0 Å². The van der Waals surface area contributed by atoms with Gasteiger partial charge in [-0.05, 0) is 101 Å². The SMILES string of the molecule is C1=Cc2c3c4c(cccc4c4cccc(c24)C1)CC=C3.c1ccc2cc3ccccc3cc2c1.c1ccc2ccccc2c1. The molecule has 208 valence electrons. The van der Waals surface area contributed by atoms with Crippen LogP contribution in [0.5, 0.6) is 0 Å². The highest BCUT2D eigenvalue weighted by Crippen LogP contribution is 2.41. The molecule has 0 N–H and O–H groups in total. The van der Waals surface area contributed by atoms with Crippen LogP contribution in [0.3, 0.4) is 0 Å². The highest BCUT2D eigenvalue weighted by atomic mass is 14.2. The van der Waals surface area contributed by atoms with Crippen LogP contribution in [0.15, 0.2) is 158 Å². The molecule has 0 nitrogen and oxygen atoms in total. The van der Waals surface area contributed by atoms with Gasteiger partial charge in [-0.25, -0.2) is 0 Å². The topological polar surface area (TPSA) is 0 Å². The van der Waals surface area contributed by atoms with E-state index in [1.54, 1.807) is 0 Å². The molecule has 0 atom stereocenters. The Morgan fingerprint density at radius 2 is 0.659 bits per heavy atom. The smallest absolute Gasteiger partial charge is 0.00638 e. The zero-order valence-electron chi connectivity index (χ0n) is 24.6. The van der Waals surface area contributed by atoms with Crippen molar-refractivity contribution in [2.75, 3.05) is 0 Å². The van der Waals surface area contributed by atoms with Crippen LogP contribution in [-0.4, -0.2) is 0 Å². The summed E-state index contributed by atoms with van der Waals surface area (Å²) in [5, 5.41) is 13.6. The predicted octanol–water partition coefficient (Wildman–Crippen LogP) is 12.0. The molecule has 0 aromatic heterocycles. The Balaban J connectivity index is 0.000000105. The van der Waals surface area contributed by atoms with Gasteiger partial charge < -0.3 is 0 Å². The van der Waals surface area contributed by atoms with E-state index < -0.39 is 0 Å². The monoisotopic (exact) mass is 560 g/mol. The van der Waals surface area contributed by atoms with E-state index in [9.17, 15) is 0 Å². The van der Waals surface area contributed by atoms with Crippen molar-refractivity contribution < 1.29 is 0 Å². The van der Waals surface area contributed by atoms with Crippen LogP contribution in [-0.2, 0) is 12.8 Å². The first-order chi connectivity index (χ1) is 21.8. The summed E-state index contributed by atoms with van der Waals surface area (Å²) < 4.78 is 0. The second kappa shape index (κ2) is 11.3. The normalized spacial score (nSPS) is 12.6. The lowest BCUT2D eigenvalue weighted by atomic mass is 9.82. The number of hydrogen-bond acceptors (Lipinski definition) is 0. The fourth-order valence-electron chi connectivity index (χ4n) is 6.86. The Labute approximate surface area is 258 Å². The summed E-state index contributed by atoms with van der Waals surface area (Å²) >= 11 is 0. The van der Waals surface area contributed by atoms with Gasteiger partial charge in [0.05, 0.1) is 0 Å². The number of allylic oxidation sites excluding steroid dienone is 2. The van der Waals surface area contributed by atoms with Crippen molar-refractivity contribution in [1.29, 1.82) is 0 Å². The largest absolute Gasteiger partial charge is 0.0795 e. The summed E-state index contributed by atoms with van der Waals surface area (Å²) in [7, 11) is 0. The summed E-state index contributed by atoms with van der Waals surface area (Å²) in [6, 6.07) is 51.6. The van der Waals surface area contributed by atoms with Crippen LogP contribution < -0.4 is 0 Å². The van der Waals surface area contributed by atoms with E-state index in [4.69, 9.17) is 0 Å². The molecule has 0 heterocycles. The second-order valence-electron chi connectivity index (χ2n) is 11.6. The van der Waals surface area contributed by atoms with Crippen LogP contribution in [0.2, 0.25) is 0 Å². The van der Waals surface area contributed by atoms with E-state index in [2.05, 4.69) is 170 Å². The zero-order chi connectivity index (χ0) is 29.3. The maximum Gasteiger partial charge on any atom is -0.00638 e. The van der Waals surface area contributed by atoms with Gasteiger partial charge in [0.25, 0.3) is 0 Å². The van der Waals surface area contributed by atoms with Gasteiger partial charge in [0.15, 0.2) is 0 Å². The van der Waals surface area contributed by atoms with Crippen molar-refractivity contribution in [3.05, 3.63) is 180 Å². The average molecular weight is 561 g/mol. The molecule has 0 radical (unpaired) electrons. The van der Waals surface area contributed by atoms with E-state index in [0.717, 1.165) is 12.8 Å². The standard InChI is InChI=1S/C20H14.C14H10.C10H8/c1-5-13-6-2-11-17-18-12-4-8-14-7-3-10-16(20(14)18)15(9-1)19(13)17;1-2-6-12-10-14-8-4-3-7-13(14)9-11(12)5-1;1-2-6-10-8-4-3-7-9(10)5-1/h1-5,7,9-12H,6,8H2;1-10H;1-8H. The third-order valence-electron chi connectivity index (χ3n) is 8.94. The van der Waals surface area contributed by atoms with Crippen LogP contribution in [0.4, 0.5) is 0 Å². The van der Waals surface area contributed by atoms with Crippen molar-refractivity contribution in [2.24, 2.45) is 0 Å². The highest BCUT2D eigenvalue weighted by Gasteiger charge is 2.18. The van der Waals surface area contributed by atoms with Crippen LogP contribution in [0, 0.1) is 0 Å². The molecule has 2 aliphatic rings. The minimum atomic E-state index is 1.05. The molecule has 0 saturated carbocycles. The molecule has 44 heavy (non-hydrogen) atoms. The fraction of sp³-hybridized carbons (Fsp3) is 0.0455. The molecule has 0 aliphatic heterocycles. The number of rotatable bonds is 0. The highest BCUT2D eigenvalue weighted by molar-refractivity contribution is 6.17. The van der Waals surface area contributed by atoms with Gasteiger partial charge in [0.2, 0.25) is 0 Å². The van der Waals surface area contributed by atoms with Crippen molar-refractivity contribution in [1.82, 2.24) is 0 Å². The molecular weight excluding hydrogens is 528 g/mol. The Hall–Kier alpha value is -5.46. The maximum atomic E-state index is 2.32. The lowest BCUT2D eigenvalue weighted by molar-refractivity contribution is 1.27. The van der Waals surface area contributed by atoms with E-state index in [0.29, 0.717) is 0 Å². The molecule has 0 unspecified atom stereocenters. The molecule has 0 spiro atoms. The number of hydrogen-bond donors (Lipinski definition) is 0. The first-order valence-electron chi connectivity index (χ1n) is 15.5. The van der Waals surface area contributed by atoms with E-state index in [-0.39, 0.29) is 0 Å². The van der Waals surface area contributed by atoms with Gasteiger partial charge in [0, 0.05) is 0 Å². The van der Waals surface area contributed by atoms with Gasteiger partial charge in [-0.3, -0.25) is 0 Å². The zero-order valence-corrected chi connectivity index (χ0v) is 24.6. The first-order valence-corrected chi connectivity index (χ1v) is 15.5. The molecule has 10 rings (SSSR count). The van der Waals surface area contributed by atoms with Gasteiger partial charge in [-0.2, -0.15) is 0 Å². The Morgan fingerprint density at radius 3 is 1.02 bits per heavy atom. The Bertz CT molecular complexity index is 2140. The lowest BCUT2D eigenvalue weighted by Crippen LogP contribution is -2.01. The van der Waals surface area contributed by atoms with E-state index >= 15 is 0 Å². The molecular formula is C44H32. The lowest BCUT2D eigenvalue weighted by Gasteiger charge is -2.21. The summed E-state index contributed by atoms with van der Waals surface area (Å²) in [4.78, 5) is 0. The Morgan fingerprint density at radius 1 is 0.318 bits per heavy atom. The number of fused-ring (bicyclic) bond motifs is 5. The van der Waals surface area contributed by atoms with Crippen molar-refractivity contribution in [3.8, 4) is 0 Å². The van der Waals surface area contributed by atoms with Crippen molar-refractivity contribution in [2.45, 2.75) is 12.8 Å². The molecule has 2 aliphatic carbocycles. The summed E-state index contributed by atoms with van der Waals surface area (Å²) in [6.07, 6.45) is 11.3. The third-order valence-corrected chi connectivity index (χ3v) is 8.94. The van der Waals surface area contributed by atoms with Crippen LogP contribution in [0.1, 0.15) is 22.3 Å². The summed E-state index contributed by atoms with van der Waals surface area (Å²) in [5.74, 6) is 0. The third kappa shape index (κ3) is 4.75. The van der Waals surface area contributed by atoms with Crippen molar-refractivity contribution in [3.63, 3.8) is 0 Å². The molecule has 0 heteroatoms. The van der Waals surface area contributed by atoms with Crippen LogP contribution >= 0.6 is 0 Å². The second-order valence-corrected chi connectivity index (χ2v) is 11.6. The average Bonchev–Trinajstić information content (AvgIpc) is 3.10. The van der Waals surface area contributed by atoms with E-state index in [1.165, 1.54) is 76.1 Å². The minimum Gasteiger partial charge on any atom is -0.0795 e. The quantitative estimate of drug-likeness (QED) is 0.128. The fourth-order valence-corrected chi connectivity index (χ4v) is 6.86. The maximum absolute atomic E-state index is 2.32. The van der Waals surface area contributed by atoms with Crippen LogP contribution in [0.25, 0.3) is 66.0 Å². The summed E-state index contributed by atoms with van der Waals surface area (Å²) in [6.45, 7) is 0. The first kappa shape index (κ1) is 26.2. The molecule has 0 saturated heterocycles. The van der Waals surface area contributed by atoms with Gasteiger partial charge in [-0.1, -0.05) is 158 Å². The molecule has 0 amide bonds. The van der Waals surface area contributed by atoms with Gasteiger partial charge >= 0.3 is 0 Å². The van der Waals surface area contributed by atoms with Gasteiger partial charge in [0.1, 0.15) is 0 Å². The molecule has 8 aromatic rings. The van der Waals surface area contributed by atoms with Gasteiger partial charge in [-0.15, -0.1) is 0 Å². The number of benzene rings is 8. The predicted molar refractivity (Wildman–Crippen MR) is 192 cm³/mol. The summed E-state index contributed by atoms with van der Waals surface area (Å²) in [5.41, 5.74) is 5.75. The molecule has 0 bridgehead atoms. The van der Waals surface area contributed by atoms with E-state index in [1.807, 2.05) is 0 Å². The minimum absolute atomic E-state index is 1.05. The Kier molecular flexibility index (Phi) is 6.74.